The van der Waals surface area contributed by atoms with E-state index in [1.54, 1.807) is 6.33 Å². The Hall–Kier alpha value is -1.41. The maximum atomic E-state index is 11.2. The molecule has 84 valence electrons. The minimum atomic E-state index is -0.197. The summed E-state index contributed by atoms with van der Waals surface area (Å²) in [6.07, 6.45) is 1.63. The zero-order valence-electron chi connectivity index (χ0n) is 8.43. The summed E-state index contributed by atoms with van der Waals surface area (Å²) in [4.78, 5) is 16.5. The molecule has 0 spiro atoms. The van der Waals surface area contributed by atoms with E-state index in [9.17, 15) is 4.79 Å². The van der Waals surface area contributed by atoms with Crippen LogP contribution in [0.2, 0.25) is 0 Å². The third-order valence-corrected chi connectivity index (χ3v) is 3.13. The Kier molecular flexibility index (Phi) is 3.20. The second-order valence-electron chi connectivity index (χ2n) is 3.13. The first kappa shape index (κ1) is 11.1. The average molecular weight is 255 g/mol. The smallest absolute Gasteiger partial charge is 0.251 e. The molecule has 0 radical (unpaired) electrons. The van der Waals surface area contributed by atoms with Gasteiger partial charge >= 0.3 is 0 Å². The van der Waals surface area contributed by atoms with Gasteiger partial charge in [-0.2, -0.15) is 0 Å². The molecule has 0 saturated carbocycles. The van der Waals surface area contributed by atoms with Gasteiger partial charge in [0.25, 0.3) is 5.56 Å². The van der Waals surface area contributed by atoms with Crippen LogP contribution < -0.4 is 5.56 Å². The van der Waals surface area contributed by atoms with Crippen LogP contribution in [0.1, 0.15) is 5.69 Å². The van der Waals surface area contributed by atoms with Crippen LogP contribution in [0, 0.1) is 4.77 Å². The van der Waals surface area contributed by atoms with Crippen molar-refractivity contribution in [1.82, 2.24) is 24.7 Å². The summed E-state index contributed by atoms with van der Waals surface area (Å²) in [5, 5.41) is 8.48. The Labute approximate surface area is 100 Å². The van der Waals surface area contributed by atoms with E-state index in [1.165, 1.54) is 17.8 Å². The summed E-state index contributed by atoms with van der Waals surface area (Å²) in [6.45, 7) is 0. The van der Waals surface area contributed by atoms with Gasteiger partial charge in [-0.3, -0.25) is 9.78 Å². The number of aromatic nitrogens is 5. The van der Waals surface area contributed by atoms with E-state index in [0.717, 1.165) is 10.9 Å². The molecule has 0 unspecified atom stereocenters. The van der Waals surface area contributed by atoms with Crippen molar-refractivity contribution in [2.75, 3.05) is 0 Å². The number of aromatic amines is 2. The molecule has 2 heterocycles. The predicted octanol–water partition coefficient (Wildman–Crippen LogP) is 0.853. The van der Waals surface area contributed by atoms with E-state index in [0.29, 0.717) is 10.5 Å². The molecule has 0 aromatic carbocycles. The molecule has 0 fully saturated rings. The zero-order chi connectivity index (χ0) is 11.5. The van der Waals surface area contributed by atoms with Crippen LogP contribution >= 0.6 is 24.0 Å². The van der Waals surface area contributed by atoms with Gasteiger partial charge in [0.15, 0.2) is 9.93 Å². The van der Waals surface area contributed by atoms with Crippen molar-refractivity contribution >= 4 is 24.0 Å². The molecule has 0 aliphatic carbocycles. The fourth-order valence-electron chi connectivity index (χ4n) is 1.14. The molecule has 0 saturated heterocycles. The first-order valence-electron chi connectivity index (χ1n) is 4.44. The van der Waals surface area contributed by atoms with Crippen LogP contribution in [0.5, 0.6) is 0 Å². The Morgan fingerprint density at radius 2 is 2.38 bits per heavy atom. The third-order valence-electron chi connectivity index (χ3n) is 1.84. The van der Waals surface area contributed by atoms with Gasteiger partial charge in [-0.25, -0.2) is 0 Å². The molecular formula is C8H9N5OS2. The van der Waals surface area contributed by atoms with Crippen molar-refractivity contribution < 1.29 is 0 Å². The lowest BCUT2D eigenvalue weighted by Gasteiger charge is -2.00. The summed E-state index contributed by atoms with van der Waals surface area (Å²) >= 11 is 6.36. The first-order chi connectivity index (χ1) is 7.65. The van der Waals surface area contributed by atoms with E-state index in [1.807, 2.05) is 11.6 Å². The molecule has 0 bridgehead atoms. The molecule has 0 aliphatic rings. The SMILES string of the molecule is Cn1cnnc1SCc1cc(=O)[nH]c(=S)[nH]1. The van der Waals surface area contributed by atoms with Crippen LogP contribution in [0.25, 0.3) is 0 Å². The molecule has 2 N–H and O–H groups in total. The van der Waals surface area contributed by atoms with Crippen LogP contribution in [-0.4, -0.2) is 24.7 Å². The summed E-state index contributed by atoms with van der Waals surface area (Å²) < 4.78 is 2.15. The lowest BCUT2D eigenvalue weighted by atomic mass is 10.5. The zero-order valence-corrected chi connectivity index (χ0v) is 10.1. The Morgan fingerprint density at radius 1 is 1.56 bits per heavy atom. The van der Waals surface area contributed by atoms with E-state index < -0.39 is 0 Å². The molecule has 2 aromatic heterocycles. The summed E-state index contributed by atoms with van der Waals surface area (Å²) in [6, 6.07) is 1.49. The van der Waals surface area contributed by atoms with Crippen LogP contribution in [-0.2, 0) is 12.8 Å². The molecule has 8 heteroatoms. The number of rotatable bonds is 3. The molecule has 2 rings (SSSR count). The van der Waals surface area contributed by atoms with Crippen molar-refractivity contribution in [2.45, 2.75) is 10.9 Å². The Morgan fingerprint density at radius 3 is 3.00 bits per heavy atom. The summed E-state index contributed by atoms with van der Waals surface area (Å²) in [5.41, 5.74) is 0.569. The number of thioether (sulfide) groups is 1. The maximum Gasteiger partial charge on any atom is 0.251 e. The van der Waals surface area contributed by atoms with E-state index >= 15 is 0 Å². The second kappa shape index (κ2) is 4.62. The van der Waals surface area contributed by atoms with Crippen molar-refractivity contribution in [3.05, 3.63) is 33.2 Å². The highest BCUT2D eigenvalue weighted by atomic mass is 32.2. The minimum Gasteiger partial charge on any atom is -0.335 e. The van der Waals surface area contributed by atoms with Crippen molar-refractivity contribution in [3.8, 4) is 0 Å². The number of H-pyrrole nitrogens is 2. The number of aryl methyl sites for hydroxylation is 1. The fourth-order valence-corrected chi connectivity index (χ4v) is 2.17. The van der Waals surface area contributed by atoms with Gasteiger partial charge in [-0.15, -0.1) is 10.2 Å². The van der Waals surface area contributed by atoms with Gasteiger partial charge in [-0.1, -0.05) is 11.8 Å². The topological polar surface area (TPSA) is 79.4 Å². The maximum absolute atomic E-state index is 11.2. The fraction of sp³-hybridized carbons (Fsp3) is 0.250. The molecular weight excluding hydrogens is 246 g/mol. The highest BCUT2D eigenvalue weighted by Gasteiger charge is 2.02. The molecule has 0 atom stereocenters. The number of hydrogen-bond acceptors (Lipinski definition) is 5. The van der Waals surface area contributed by atoms with Gasteiger partial charge in [0, 0.05) is 24.6 Å². The van der Waals surface area contributed by atoms with Gasteiger partial charge in [0.2, 0.25) is 0 Å². The van der Waals surface area contributed by atoms with Crippen molar-refractivity contribution in [3.63, 3.8) is 0 Å². The monoisotopic (exact) mass is 255 g/mol. The number of hydrogen-bond donors (Lipinski definition) is 2. The van der Waals surface area contributed by atoms with Crippen molar-refractivity contribution in [2.24, 2.45) is 7.05 Å². The number of nitrogens with one attached hydrogen (secondary N) is 2. The Balaban J connectivity index is 2.14. The van der Waals surface area contributed by atoms with Crippen LogP contribution in [0.3, 0.4) is 0 Å². The summed E-state index contributed by atoms with van der Waals surface area (Å²) in [7, 11) is 1.86. The largest absolute Gasteiger partial charge is 0.335 e. The van der Waals surface area contributed by atoms with Gasteiger partial charge in [0.1, 0.15) is 6.33 Å². The summed E-state index contributed by atoms with van der Waals surface area (Å²) in [5.74, 6) is 0.597. The van der Waals surface area contributed by atoms with E-state index in [4.69, 9.17) is 12.2 Å². The van der Waals surface area contributed by atoms with Gasteiger partial charge < -0.3 is 9.55 Å². The average Bonchev–Trinajstić information content (AvgIpc) is 2.59. The van der Waals surface area contributed by atoms with E-state index in [2.05, 4.69) is 20.2 Å². The molecule has 0 aliphatic heterocycles. The van der Waals surface area contributed by atoms with Gasteiger partial charge in [-0.05, 0) is 12.2 Å². The van der Waals surface area contributed by atoms with Crippen LogP contribution in [0.15, 0.2) is 22.3 Å². The molecule has 0 amide bonds. The lowest BCUT2D eigenvalue weighted by Crippen LogP contribution is -2.07. The quantitative estimate of drug-likeness (QED) is 0.628. The predicted molar refractivity (Wildman–Crippen MR) is 62.8 cm³/mol. The normalized spacial score (nSPS) is 10.6. The highest BCUT2D eigenvalue weighted by molar-refractivity contribution is 7.98. The lowest BCUT2D eigenvalue weighted by molar-refractivity contribution is 0.788. The number of nitrogens with zero attached hydrogens (tertiary/aromatic N) is 3. The minimum absolute atomic E-state index is 0.197. The standard InChI is InChI=1S/C8H9N5OS2/c1-13-4-9-12-8(13)16-3-5-2-6(14)11-7(15)10-5/h2,4H,3H2,1H3,(H2,10,11,14,15). The molecule has 6 nitrogen and oxygen atoms in total. The first-order valence-corrected chi connectivity index (χ1v) is 5.84. The Bertz CT molecular complexity index is 570. The van der Waals surface area contributed by atoms with Crippen LogP contribution in [0.4, 0.5) is 0 Å². The van der Waals surface area contributed by atoms with E-state index in [-0.39, 0.29) is 5.56 Å². The highest BCUT2D eigenvalue weighted by Crippen LogP contribution is 2.17. The van der Waals surface area contributed by atoms with Gasteiger partial charge in [0.05, 0.1) is 0 Å². The second-order valence-corrected chi connectivity index (χ2v) is 4.48. The van der Waals surface area contributed by atoms with Crippen molar-refractivity contribution in [1.29, 1.82) is 0 Å². The molecule has 2 aromatic rings. The third kappa shape index (κ3) is 2.58. The molecule has 16 heavy (non-hydrogen) atoms.